The quantitative estimate of drug-likeness (QED) is 0.534. The number of pyridine rings is 1. The van der Waals surface area contributed by atoms with E-state index < -0.39 is 6.23 Å². The number of benzene rings is 2. The first-order valence-corrected chi connectivity index (χ1v) is 12.9. The van der Waals surface area contributed by atoms with E-state index in [9.17, 15) is 9.90 Å². The molecule has 1 N–H and O–H groups in total. The molecule has 0 radical (unpaired) electrons. The average molecular weight is 489 g/mol. The van der Waals surface area contributed by atoms with Crippen LogP contribution >= 0.6 is 0 Å². The second-order valence-electron chi connectivity index (χ2n) is 9.76. The number of nitrogens with zero attached hydrogens (tertiary/aromatic N) is 4. The molecule has 1 saturated heterocycles. The van der Waals surface area contributed by atoms with E-state index in [1.54, 1.807) is 10.6 Å². The van der Waals surface area contributed by atoms with Crippen molar-refractivity contribution in [2.75, 3.05) is 63.3 Å². The molecule has 2 aromatic carbocycles. The number of anilines is 2. The number of hydrogen-bond acceptors (Lipinski definition) is 6. The van der Waals surface area contributed by atoms with Gasteiger partial charge in [0.2, 0.25) is 0 Å². The second kappa shape index (κ2) is 10.5. The Labute approximate surface area is 212 Å². The molecule has 1 unspecified atom stereocenters. The smallest absolute Gasteiger partial charge is 0.253 e. The highest BCUT2D eigenvalue weighted by Gasteiger charge is 2.20. The maximum atomic E-state index is 12.8. The summed E-state index contributed by atoms with van der Waals surface area (Å²) < 4.78 is 7.33. The summed E-state index contributed by atoms with van der Waals surface area (Å²) in [4.78, 5) is 19.3. The van der Waals surface area contributed by atoms with Gasteiger partial charge in [0, 0.05) is 62.5 Å². The summed E-state index contributed by atoms with van der Waals surface area (Å²) in [6.45, 7) is 7.46. The minimum atomic E-state index is -0.785. The molecule has 190 valence electrons. The first-order chi connectivity index (χ1) is 17.5. The van der Waals surface area contributed by atoms with Gasteiger partial charge in [-0.15, -0.1) is 0 Å². The molecule has 1 aromatic heterocycles. The Morgan fingerprint density at radius 1 is 1.06 bits per heavy atom. The molecule has 3 aromatic rings. The molecule has 0 spiro atoms. The Hall–Kier alpha value is -3.13. The van der Waals surface area contributed by atoms with Crippen LogP contribution in [0.25, 0.3) is 16.5 Å². The first kappa shape index (κ1) is 24.6. The number of aryl methyl sites for hydroxylation is 1. The molecule has 2 aliphatic heterocycles. The van der Waals surface area contributed by atoms with Crippen molar-refractivity contribution in [3.8, 4) is 0 Å². The third kappa shape index (κ3) is 4.78. The third-order valence-corrected chi connectivity index (χ3v) is 7.51. The SMILES string of the molecule is CCn1c(=O)cc(N2CCOCC2)c2cc(N(C)C(O)c3ccc(C4=CCN(C)CC4)cc3)ccc21. The molecule has 1 fully saturated rings. The van der Waals surface area contributed by atoms with E-state index in [0.717, 1.165) is 60.4 Å². The van der Waals surface area contributed by atoms with E-state index in [0.29, 0.717) is 19.8 Å². The lowest BCUT2D eigenvalue weighted by Crippen LogP contribution is -2.37. The van der Waals surface area contributed by atoms with Crippen LogP contribution in [0.5, 0.6) is 0 Å². The van der Waals surface area contributed by atoms with Gasteiger partial charge in [-0.2, -0.15) is 0 Å². The van der Waals surface area contributed by atoms with Crippen molar-refractivity contribution in [2.45, 2.75) is 26.1 Å². The third-order valence-electron chi connectivity index (χ3n) is 7.51. The molecule has 0 amide bonds. The van der Waals surface area contributed by atoms with Crippen LogP contribution < -0.4 is 15.4 Å². The van der Waals surface area contributed by atoms with Crippen molar-refractivity contribution in [3.05, 3.63) is 76.1 Å². The zero-order valence-corrected chi connectivity index (χ0v) is 21.5. The second-order valence-corrected chi connectivity index (χ2v) is 9.76. The van der Waals surface area contributed by atoms with Crippen molar-refractivity contribution in [3.63, 3.8) is 0 Å². The maximum Gasteiger partial charge on any atom is 0.253 e. The lowest BCUT2D eigenvalue weighted by atomic mass is 9.98. The molecule has 0 saturated carbocycles. The zero-order chi connectivity index (χ0) is 25.2. The van der Waals surface area contributed by atoms with Crippen molar-refractivity contribution in [1.29, 1.82) is 0 Å². The minimum Gasteiger partial charge on any atom is -0.378 e. The fraction of sp³-hybridized carbons (Fsp3) is 0.414. The number of ether oxygens (including phenoxy) is 1. The summed E-state index contributed by atoms with van der Waals surface area (Å²) in [6, 6.07) is 16.1. The van der Waals surface area contributed by atoms with Crippen molar-refractivity contribution in [1.82, 2.24) is 9.47 Å². The molecular formula is C29H36N4O3. The number of fused-ring (bicyclic) bond motifs is 1. The van der Waals surface area contributed by atoms with Gasteiger partial charge < -0.3 is 29.1 Å². The van der Waals surface area contributed by atoms with Gasteiger partial charge in [-0.05, 0) is 49.7 Å². The zero-order valence-electron chi connectivity index (χ0n) is 21.5. The van der Waals surface area contributed by atoms with Gasteiger partial charge in [-0.3, -0.25) is 4.79 Å². The molecule has 1 atom stereocenters. The van der Waals surface area contributed by atoms with Crippen LogP contribution in [0.2, 0.25) is 0 Å². The van der Waals surface area contributed by atoms with Crippen LogP contribution in [0.15, 0.2) is 59.4 Å². The van der Waals surface area contributed by atoms with E-state index in [1.807, 2.05) is 43.1 Å². The molecule has 36 heavy (non-hydrogen) atoms. The Morgan fingerprint density at radius 3 is 2.47 bits per heavy atom. The van der Waals surface area contributed by atoms with Gasteiger partial charge in [-0.1, -0.05) is 30.3 Å². The molecule has 5 rings (SSSR count). The highest BCUT2D eigenvalue weighted by atomic mass is 16.5. The summed E-state index contributed by atoms with van der Waals surface area (Å²) in [6.07, 6.45) is 2.55. The van der Waals surface area contributed by atoms with Crippen molar-refractivity contribution in [2.24, 2.45) is 0 Å². The molecule has 7 heteroatoms. The Balaban J connectivity index is 1.45. The Bertz CT molecular complexity index is 1310. The Morgan fingerprint density at radius 2 is 1.81 bits per heavy atom. The van der Waals surface area contributed by atoms with Crippen LogP contribution in [-0.2, 0) is 11.3 Å². The lowest BCUT2D eigenvalue weighted by Gasteiger charge is -2.31. The van der Waals surface area contributed by atoms with E-state index in [1.165, 1.54) is 11.1 Å². The summed E-state index contributed by atoms with van der Waals surface area (Å²) in [5, 5.41) is 12.2. The standard InChI is InChI=1S/C29H36N4O3/c1-4-33-26-10-9-24(19-25(26)27(20-28(33)34)32-15-17-36-18-16-32)31(3)29(35)23-7-5-21(6-8-23)22-11-13-30(2)14-12-22/h5-11,19-20,29,35H,4,12-18H2,1-3H3. The average Bonchev–Trinajstić information content (AvgIpc) is 2.92. The maximum absolute atomic E-state index is 12.8. The summed E-state index contributed by atoms with van der Waals surface area (Å²) in [5.41, 5.74) is 6.19. The Kier molecular flexibility index (Phi) is 7.14. The van der Waals surface area contributed by atoms with Gasteiger partial charge >= 0.3 is 0 Å². The number of aliphatic hydroxyl groups is 1. The first-order valence-electron chi connectivity index (χ1n) is 12.9. The summed E-state index contributed by atoms with van der Waals surface area (Å²) >= 11 is 0. The van der Waals surface area contributed by atoms with Gasteiger partial charge in [0.15, 0.2) is 6.23 Å². The number of likely N-dealkylation sites (N-methyl/N-ethyl adjacent to an activating group) is 1. The van der Waals surface area contributed by atoms with Crippen LogP contribution in [0.3, 0.4) is 0 Å². The van der Waals surface area contributed by atoms with Crippen molar-refractivity contribution >= 4 is 27.9 Å². The molecule has 3 heterocycles. The van der Waals surface area contributed by atoms with Crippen LogP contribution in [0.4, 0.5) is 11.4 Å². The van der Waals surface area contributed by atoms with Crippen LogP contribution in [-0.4, -0.2) is 68.1 Å². The fourth-order valence-corrected chi connectivity index (χ4v) is 5.23. The van der Waals surface area contributed by atoms with Gasteiger partial charge in [0.25, 0.3) is 5.56 Å². The summed E-state index contributed by atoms with van der Waals surface area (Å²) in [5.74, 6) is 0. The fourth-order valence-electron chi connectivity index (χ4n) is 5.23. The largest absolute Gasteiger partial charge is 0.378 e. The van der Waals surface area contributed by atoms with Crippen LogP contribution in [0.1, 0.15) is 30.7 Å². The lowest BCUT2D eigenvalue weighted by molar-refractivity contribution is 0.123. The van der Waals surface area contributed by atoms with Crippen molar-refractivity contribution < 1.29 is 9.84 Å². The number of morpholine rings is 1. The van der Waals surface area contributed by atoms with E-state index in [-0.39, 0.29) is 5.56 Å². The number of rotatable bonds is 6. The number of aromatic nitrogens is 1. The predicted molar refractivity (Wildman–Crippen MR) is 147 cm³/mol. The number of hydrogen-bond donors (Lipinski definition) is 1. The highest BCUT2D eigenvalue weighted by Crippen LogP contribution is 2.32. The van der Waals surface area contributed by atoms with E-state index in [4.69, 9.17) is 4.74 Å². The van der Waals surface area contributed by atoms with Gasteiger partial charge in [-0.25, -0.2) is 0 Å². The topological polar surface area (TPSA) is 61.2 Å². The normalized spacial score (nSPS) is 17.8. The van der Waals surface area contributed by atoms with E-state index >= 15 is 0 Å². The summed E-state index contributed by atoms with van der Waals surface area (Å²) in [7, 11) is 4.05. The van der Waals surface area contributed by atoms with Gasteiger partial charge in [0.1, 0.15) is 0 Å². The molecule has 7 nitrogen and oxygen atoms in total. The van der Waals surface area contributed by atoms with Crippen LogP contribution in [0, 0.1) is 0 Å². The van der Waals surface area contributed by atoms with Gasteiger partial charge in [0.05, 0.1) is 24.4 Å². The molecular weight excluding hydrogens is 452 g/mol. The molecule has 2 aliphatic rings. The molecule has 0 aliphatic carbocycles. The highest BCUT2D eigenvalue weighted by molar-refractivity contribution is 5.94. The monoisotopic (exact) mass is 488 g/mol. The minimum absolute atomic E-state index is 0.00689. The molecule has 0 bridgehead atoms. The van der Waals surface area contributed by atoms with E-state index in [2.05, 4.69) is 41.1 Å². The predicted octanol–water partition coefficient (Wildman–Crippen LogP) is 3.70. The number of aliphatic hydroxyl groups excluding tert-OH is 1.